The van der Waals surface area contributed by atoms with Crippen LogP contribution in [0.5, 0.6) is 0 Å². The fraction of sp³-hybridized carbons (Fsp3) is 0.609. The van der Waals surface area contributed by atoms with Gasteiger partial charge < -0.3 is 15.5 Å². The molecule has 0 bridgehead atoms. The van der Waals surface area contributed by atoms with E-state index in [4.69, 9.17) is 0 Å². The van der Waals surface area contributed by atoms with Crippen molar-refractivity contribution in [1.82, 2.24) is 20.9 Å². The van der Waals surface area contributed by atoms with Gasteiger partial charge in [-0.05, 0) is 61.6 Å². The highest BCUT2D eigenvalue weighted by Gasteiger charge is 2.41. The first-order valence-corrected chi connectivity index (χ1v) is 11.2. The molecule has 5 rings (SSSR count). The third-order valence-electron chi connectivity index (χ3n) is 7.48. The zero-order valence-electron chi connectivity index (χ0n) is 17.3. The maximum absolute atomic E-state index is 13.2. The van der Waals surface area contributed by atoms with Gasteiger partial charge in [-0.15, -0.1) is 0 Å². The summed E-state index contributed by atoms with van der Waals surface area (Å²) >= 11 is 0. The third kappa shape index (κ3) is 3.54. The normalized spacial score (nSPS) is 31.3. The zero-order chi connectivity index (χ0) is 20.7. The van der Waals surface area contributed by atoms with Gasteiger partial charge in [0, 0.05) is 37.7 Å². The molecule has 3 unspecified atom stereocenters. The Morgan fingerprint density at radius 1 is 1.17 bits per heavy atom. The van der Waals surface area contributed by atoms with Crippen molar-refractivity contribution in [1.29, 1.82) is 0 Å². The van der Waals surface area contributed by atoms with Crippen LogP contribution < -0.4 is 16.0 Å². The van der Waals surface area contributed by atoms with Gasteiger partial charge in [0.15, 0.2) is 0 Å². The van der Waals surface area contributed by atoms with Gasteiger partial charge in [-0.2, -0.15) is 0 Å². The quantitative estimate of drug-likeness (QED) is 0.654. The summed E-state index contributed by atoms with van der Waals surface area (Å²) in [6, 6.07) is 5.92. The van der Waals surface area contributed by atoms with E-state index in [1.165, 1.54) is 32.1 Å². The van der Waals surface area contributed by atoms with Crippen LogP contribution in [0.1, 0.15) is 66.4 Å². The first kappa shape index (κ1) is 19.7. The van der Waals surface area contributed by atoms with Gasteiger partial charge in [0.05, 0.1) is 0 Å². The van der Waals surface area contributed by atoms with Crippen LogP contribution in [-0.4, -0.2) is 47.8 Å². The van der Waals surface area contributed by atoms with Crippen molar-refractivity contribution in [3.8, 4) is 0 Å². The third-order valence-corrected chi connectivity index (χ3v) is 7.48. The molecule has 1 aliphatic carbocycles. The van der Waals surface area contributed by atoms with Crippen molar-refractivity contribution < 1.29 is 14.4 Å². The fourth-order valence-electron chi connectivity index (χ4n) is 5.89. The molecule has 7 heteroatoms. The summed E-state index contributed by atoms with van der Waals surface area (Å²) in [5, 5.41) is 9.64. The first-order chi connectivity index (χ1) is 14.5. The van der Waals surface area contributed by atoms with Gasteiger partial charge in [-0.1, -0.05) is 18.2 Å². The number of piperidine rings is 2. The molecular formula is C23H30N4O3. The van der Waals surface area contributed by atoms with Crippen LogP contribution >= 0.6 is 0 Å². The molecule has 3 N–H and O–H groups in total. The summed E-state index contributed by atoms with van der Waals surface area (Å²) < 4.78 is 0. The van der Waals surface area contributed by atoms with E-state index in [0.29, 0.717) is 31.0 Å². The molecule has 30 heavy (non-hydrogen) atoms. The minimum absolute atomic E-state index is 0.0868. The van der Waals surface area contributed by atoms with Gasteiger partial charge in [0.2, 0.25) is 11.8 Å². The molecule has 3 amide bonds. The number of nitrogens with one attached hydrogen (secondary N) is 3. The van der Waals surface area contributed by atoms with E-state index in [9.17, 15) is 14.4 Å². The topological polar surface area (TPSA) is 90.5 Å². The smallest absolute Gasteiger partial charge is 0.255 e. The van der Waals surface area contributed by atoms with E-state index < -0.39 is 6.04 Å². The SMILES string of the molecule is O=C1CCC(N2Cc3cccc(CNC4CCC5(CCCNC5)C4)c3C2=O)C(=O)N1. The molecule has 4 aliphatic rings. The molecule has 1 saturated carbocycles. The minimum atomic E-state index is -0.558. The average Bonchev–Trinajstić information content (AvgIpc) is 3.28. The second-order valence-electron chi connectivity index (χ2n) is 9.45. The second kappa shape index (κ2) is 7.78. The Morgan fingerprint density at radius 3 is 2.87 bits per heavy atom. The molecule has 2 saturated heterocycles. The monoisotopic (exact) mass is 410 g/mol. The predicted molar refractivity (Wildman–Crippen MR) is 112 cm³/mol. The van der Waals surface area contributed by atoms with Crippen molar-refractivity contribution in [2.45, 2.75) is 70.1 Å². The van der Waals surface area contributed by atoms with Crippen LogP contribution in [0.25, 0.3) is 0 Å². The minimum Gasteiger partial charge on any atom is -0.322 e. The number of nitrogens with zero attached hydrogens (tertiary/aromatic N) is 1. The second-order valence-corrected chi connectivity index (χ2v) is 9.45. The van der Waals surface area contributed by atoms with Crippen LogP contribution in [0, 0.1) is 5.41 Å². The lowest BCUT2D eigenvalue weighted by Crippen LogP contribution is -2.52. The van der Waals surface area contributed by atoms with Gasteiger partial charge in [-0.25, -0.2) is 0 Å². The molecule has 160 valence electrons. The zero-order valence-corrected chi connectivity index (χ0v) is 17.3. The summed E-state index contributed by atoms with van der Waals surface area (Å²) in [4.78, 5) is 38.6. The van der Waals surface area contributed by atoms with Gasteiger partial charge in [0.25, 0.3) is 5.91 Å². The van der Waals surface area contributed by atoms with Crippen molar-refractivity contribution in [3.05, 3.63) is 34.9 Å². The van der Waals surface area contributed by atoms with E-state index in [1.54, 1.807) is 4.90 Å². The molecule has 1 spiro atoms. The van der Waals surface area contributed by atoms with Crippen LogP contribution in [-0.2, 0) is 22.7 Å². The number of carbonyl (C=O) groups excluding carboxylic acids is 3. The lowest BCUT2D eigenvalue weighted by molar-refractivity contribution is -0.136. The summed E-state index contributed by atoms with van der Waals surface area (Å²) in [5.74, 6) is -0.700. The maximum atomic E-state index is 13.2. The van der Waals surface area contributed by atoms with Crippen LogP contribution in [0.4, 0.5) is 0 Å². The number of imide groups is 1. The summed E-state index contributed by atoms with van der Waals surface area (Å²) in [6.45, 7) is 3.38. The predicted octanol–water partition coefficient (Wildman–Crippen LogP) is 1.46. The number of hydrogen-bond acceptors (Lipinski definition) is 5. The van der Waals surface area contributed by atoms with Gasteiger partial charge in [0.1, 0.15) is 6.04 Å². The fourth-order valence-corrected chi connectivity index (χ4v) is 5.89. The van der Waals surface area contributed by atoms with E-state index in [-0.39, 0.29) is 24.1 Å². The Kier molecular flexibility index (Phi) is 5.11. The summed E-state index contributed by atoms with van der Waals surface area (Å²) in [6.07, 6.45) is 6.92. The van der Waals surface area contributed by atoms with E-state index >= 15 is 0 Å². The lowest BCUT2D eigenvalue weighted by Gasteiger charge is -2.34. The first-order valence-electron chi connectivity index (χ1n) is 11.2. The van der Waals surface area contributed by atoms with E-state index in [0.717, 1.165) is 29.8 Å². The van der Waals surface area contributed by atoms with Gasteiger partial charge >= 0.3 is 0 Å². The van der Waals surface area contributed by atoms with Crippen LogP contribution in [0.15, 0.2) is 18.2 Å². The molecule has 1 aromatic carbocycles. The number of benzene rings is 1. The van der Waals surface area contributed by atoms with E-state index in [2.05, 4.69) is 16.0 Å². The lowest BCUT2D eigenvalue weighted by atomic mass is 9.79. The molecule has 0 aromatic heterocycles. The standard InChI is InChI=1S/C23H30N4O3/c28-19-6-5-18(21(29)26-19)27-13-16-4-1-3-15(20(16)22(27)30)12-25-17-7-9-23(11-17)8-2-10-24-14-23/h1,3-4,17-18,24-25H,2,5-14H2,(H,26,28,29). The van der Waals surface area contributed by atoms with Crippen molar-refractivity contribution in [3.63, 3.8) is 0 Å². The van der Waals surface area contributed by atoms with E-state index in [1.807, 2.05) is 18.2 Å². The van der Waals surface area contributed by atoms with Gasteiger partial charge in [-0.3, -0.25) is 19.7 Å². The summed E-state index contributed by atoms with van der Waals surface area (Å²) in [5.41, 5.74) is 3.17. The number of fused-ring (bicyclic) bond motifs is 1. The molecule has 1 aromatic rings. The van der Waals surface area contributed by atoms with Crippen molar-refractivity contribution >= 4 is 17.7 Å². The highest BCUT2D eigenvalue weighted by atomic mass is 16.2. The molecule has 3 atom stereocenters. The van der Waals surface area contributed by atoms with Crippen molar-refractivity contribution in [2.75, 3.05) is 13.1 Å². The van der Waals surface area contributed by atoms with Crippen LogP contribution in [0.3, 0.4) is 0 Å². The highest BCUT2D eigenvalue weighted by Crippen LogP contribution is 2.43. The molecular weight excluding hydrogens is 380 g/mol. The Morgan fingerprint density at radius 2 is 2.07 bits per heavy atom. The highest BCUT2D eigenvalue weighted by molar-refractivity contribution is 6.05. The summed E-state index contributed by atoms with van der Waals surface area (Å²) in [7, 11) is 0. The average molecular weight is 411 g/mol. The number of rotatable bonds is 4. The van der Waals surface area contributed by atoms with Crippen molar-refractivity contribution in [2.24, 2.45) is 5.41 Å². The Hall–Kier alpha value is -2.25. The number of carbonyl (C=O) groups is 3. The maximum Gasteiger partial charge on any atom is 0.255 e. The Bertz CT molecular complexity index is 877. The molecule has 3 aliphatic heterocycles. The largest absolute Gasteiger partial charge is 0.322 e. The number of hydrogen-bond donors (Lipinski definition) is 3. The number of amides is 3. The Labute approximate surface area is 177 Å². The Balaban J connectivity index is 1.26. The molecule has 3 fully saturated rings. The molecule has 0 radical (unpaired) electrons. The van der Waals surface area contributed by atoms with Crippen LogP contribution in [0.2, 0.25) is 0 Å². The molecule has 3 heterocycles. The molecule has 7 nitrogen and oxygen atoms in total.